The normalized spacial score (nSPS) is 13.6. The highest BCUT2D eigenvalue weighted by atomic mass is 32.2. The van der Waals surface area contributed by atoms with Crippen molar-refractivity contribution >= 4 is 15.6 Å². The zero-order valence-corrected chi connectivity index (χ0v) is 12.1. The summed E-state index contributed by atoms with van der Waals surface area (Å²) in [7, 11) is -3.37. The molecule has 4 heteroatoms. The second-order valence-electron chi connectivity index (χ2n) is 5.05. The van der Waals surface area contributed by atoms with E-state index >= 15 is 0 Å². The van der Waals surface area contributed by atoms with Gasteiger partial charge >= 0.3 is 0 Å². The monoisotopic (exact) mass is 268 g/mol. The third-order valence-corrected chi connectivity index (χ3v) is 5.52. The quantitative estimate of drug-likeness (QED) is 0.771. The first-order chi connectivity index (χ1) is 8.24. The van der Waals surface area contributed by atoms with Crippen molar-refractivity contribution in [1.29, 1.82) is 0 Å². The highest BCUT2D eigenvalue weighted by Gasteiger charge is 2.27. The van der Waals surface area contributed by atoms with Crippen molar-refractivity contribution in [3.05, 3.63) is 35.4 Å². The lowest BCUT2D eigenvalue weighted by Crippen LogP contribution is -2.29. The van der Waals surface area contributed by atoms with E-state index in [0.29, 0.717) is 5.56 Å². The van der Waals surface area contributed by atoms with Crippen LogP contribution in [0.2, 0.25) is 0 Å². The van der Waals surface area contributed by atoms with Gasteiger partial charge in [0.2, 0.25) is 0 Å². The molecule has 0 fully saturated rings. The molecule has 1 aromatic carbocycles. The summed E-state index contributed by atoms with van der Waals surface area (Å²) in [4.78, 5) is 12.0. The van der Waals surface area contributed by atoms with Crippen molar-refractivity contribution in [2.24, 2.45) is 5.92 Å². The first kappa shape index (κ1) is 14.9. The smallest absolute Gasteiger partial charge is 0.177 e. The highest BCUT2D eigenvalue weighted by Crippen LogP contribution is 2.14. The Balaban J connectivity index is 2.89. The van der Waals surface area contributed by atoms with Crippen LogP contribution < -0.4 is 0 Å². The van der Waals surface area contributed by atoms with E-state index in [9.17, 15) is 13.2 Å². The SMILES string of the molecule is Cc1cccc(C(=O)CS(=O)(=O)C(C)C(C)C)c1. The van der Waals surface area contributed by atoms with E-state index in [0.717, 1.165) is 5.56 Å². The molecule has 18 heavy (non-hydrogen) atoms. The molecule has 0 saturated carbocycles. The van der Waals surface area contributed by atoms with Gasteiger partial charge in [-0.15, -0.1) is 0 Å². The van der Waals surface area contributed by atoms with Crippen molar-refractivity contribution < 1.29 is 13.2 Å². The van der Waals surface area contributed by atoms with Gasteiger partial charge in [0.05, 0.1) is 5.25 Å². The number of hydrogen-bond acceptors (Lipinski definition) is 3. The van der Waals surface area contributed by atoms with E-state index in [1.54, 1.807) is 25.1 Å². The van der Waals surface area contributed by atoms with Gasteiger partial charge in [-0.05, 0) is 25.8 Å². The molecule has 0 aliphatic rings. The third kappa shape index (κ3) is 3.67. The first-order valence-electron chi connectivity index (χ1n) is 6.05. The van der Waals surface area contributed by atoms with E-state index in [2.05, 4.69) is 0 Å². The number of ketones is 1. The van der Waals surface area contributed by atoms with Gasteiger partial charge in [0.25, 0.3) is 0 Å². The Labute approximate surface area is 109 Å². The molecular formula is C14H20O3S. The minimum Gasteiger partial charge on any atom is -0.293 e. The molecule has 1 atom stereocenters. The van der Waals surface area contributed by atoms with Gasteiger partial charge in [-0.2, -0.15) is 0 Å². The Hall–Kier alpha value is -1.16. The van der Waals surface area contributed by atoms with Crippen molar-refractivity contribution in [2.45, 2.75) is 32.9 Å². The van der Waals surface area contributed by atoms with Crippen LogP contribution in [-0.4, -0.2) is 25.2 Å². The summed E-state index contributed by atoms with van der Waals surface area (Å²) in [6.07, 6.45) is 0. The maximum Gasteiger partial charge on any atom is 0.177 e. The first-order valence-corrected chi connectivity index (χ1v) is 7.77. The van der Waals surface area contributed by atoms with Crippen molar-refractivity contribution in [3.8, 4) is 0 Å². The van der Waals surface area contributed by atoms with Crippen LogP contribution in [0, 0.1) is 12.8 Å². The number of aryl methyl sites for hydroxylation is 1. The molecule has 0 bridgehead atoms. The molecule has 1 rings (SSSR count). The standard InChI is InChI=1S/C14H20O3S/c1-10(2)12(4)18(16,17)9-14(15)13-7-5-6-11(3)8-13/h5-8,10,12H,9H2,1-4H3. The molecule has 0 amide bonds. The molecule has 0 saturated heterocycles. The molecular weight excluding hydrogens is 248 g/mol. The maximum atomic E-state index is 12.0. The fraction of sp³-hybridized carbons (Fsp3) is 0.500. The average Bonchev–Trinajstić information content (AvgIpc) is 2.27. The largest absolute Gasteiger partial charge is 0.293 e. The molecule has 0 aliphatic heterocycles. The molecule has 0 aliphatic carbocycles. The summed E-state index contributed by atoms with van der Waals surface area (Å²) in [6.45, 7) is 7.23. The lowest BCUT2D eigenvalue weighted by Gasteiger charge is -2.15. The van der Waals surface area contributed by atoms with E-state index < -0.39 is 20.8 Å². The number of sulfone groups is 1. The van der Waals surface area contributed by atoms with Crippen LogP contribution in [0.25, 0.3) is 0 Å². The zero-order chi connectivity index (χ0) is 13.9. The zero-order valence-electron chi connectivity index (χ0n) is 11.3. The second-order valence-corrected chi connectivity index (χ2v) is 7.41. The molecule has 0 radical (unpaired) electrons. The van der Waals surface area contributed by atoms with Crippen LogP contribution in [0.3, 0.4) is 0 Å². The number of hydrogen-bond donors (Lipinski definition) is 0. The highest BCUT2D eigenvalue weighted by molar-refractivity contribution is 7.92. The third-order valence-electron chi connectivity index (χ3n) is 3.18. The van der Waals surface area contributed by atoms with Crippen molar-refractivity contribution in [3.63, 3.8) is 0 Å². The van der Waals surface area contributed by atoms with E-state index in [1.807, 2.05) is 26.8 Å². The summed E-state index contributed by atoms with van der Waals surface area (Å²) in [5.41, 5.74) is 1.42. The van der Waals surface area contributed by atoms with Crippen molar-refractivity contribution in [1.82, 2.24) is 0 Å². The van der Waals surface area contributed by atoms with Gasteiger partial charge in [0, 0.05) is 5.56 Å². The summed E-state index contributed by atoms with van der Waals surface area (Å²) in [5.74, 6) is -0.720. The fourth-order valence-corrected chi connectivity index (χ4v) is 3.26. The van der Waals surface area contributed by atoms with Crippen LogP contribution >= 0.6 is 0 Å². The molecule has 3 nitrogen and oxygen atoms in total. The van der Waals surface area contributed by atoms with Crippen LogP contribution in [0.5, 0.6) is 0 Å². The molecule has 100 valence electrons. The fourth-order valence-electron chi connectivity index (χ4n) is 1.63. The maximum absolute atomic E-state index is 12.0. The minimum atomic E-state index is -3.37. The van der Waals surface area contributed by atoms with Crippen LogP contribution in [0.1, 0.15) is 36.7 Å². The van der Waals surface area contributed by atoms with E-state index in [-0.39, 0.29) is 11.7 Å². The van der Waals surface area contributed by atoms with Crippen LogP contribution in [0.4, 0.5) is 0 Å². The molecule has 0 heterocycles. The Morgan fingerprint density at radius 2 is 1.83 bits per heavy atom. The topological polar surface area (TPSA) is 51.2 Å². The molecule has 0 N–H and O–H groups in total. The summed E-state index contributed by atoms with van der Waals surface area (Å²) >= 11 is 0. The summed E-state index contributed by atoms with van der Waals surface area (Å²) in [6, 6.07) is 7.02. The molecule has 1 aromatic rings. The molecule has 1 unspecified atom stereocenters. The summed E-state index contributed by atoms with van der Waals surface area (Å²) in [5, 5.41) is -0.494. The van der Waals surface area contributed by atoms with Gasteiger partial charge in [-0.1, -0.05) is 37.6 Å². The van der Waals surface area contributed by atoms with Crippen LogP contribution in [-0.2, 0) is 9.84 Å². The van der Waals surface area contributed by atoms with E-state index in [1.165, 1.54) is 0 Å². The Morgan fingerprint density at radius 1 is 1.22 bits per heavy atom. The predicted molar refractivity (Wildman–Crippen MR) is 73.6 cm³/mol. The average molecular weight is 268 g/mol. The van der Waals surface area contributed by atoms with Gasteiger partial charge in [-0.3, -0.25) is 4.79 Å². The lowest BCUT2D eigenvalue weighted by molar-refractivity contribution is 0.102. The number of Topliss-reactive ketones (excluding diaryl/α,β-unsaturated/α-hetero) is 1. The van der Waals surface area contributed by atoms with Gasteiger partial charge < -0.3 is 0 Å². The summed E-state index contributed by atoms with van der Waals surface area (Å²) < 4.78 is 24.0. The van der Waals surface area contributed by atoms with Gasteiger partial charge in [0.1, 0.15) is 5.75 Å². The number of rotatable bonds is 5. The second kappa shape index (κ2) is 5.65. The molecule has 0 spiro atoms. The minimum absolute atomic E-state index is 0.0142. The Morgan fingerprint density at radius 3 is 2.33 bits per heavy atom. The Bertz CT molecular complexity index is 530. The van der Waals surface area contributed by atoms with Gasteiger partial charge in [-0.25, -0.2) is 8.42 Å². The van der Waals surface area contributed by atoms with Gasteiger partial charge in [0.15, 0.2) is 15.6 Å². The number of carbonyl (C=O) groups excluding carboxylic acids is 1. The van der Waals surface area contributed by atoms with Crippen molar-refractivity contribution in [2.75, 3.05) is 5.75 Å². The Kier molecular flexibility index (Phi) is 4.68. The predicted octanol–water partition coefficient (Wildman–Crippen LogP) is 2.64. The van der Waals surface area contributed by atoms with Crippen LogP contribution in [0.15, 0.2) is 24.3 Å². The molecule has 0 aromatic heterocycles. The number of carbonyl (C=O) groups is 1. The van der Waals surface area contributed by atoms with E-state index in [4.69, 9.17) is 0 Å². The lowest BCUT2D eigenvalue weighted by atomic mass is 10.1. The number of benzene rings is 1.